The number of benzene rings is 1. The fraction of sp³-hybridized carbons (Fsp3) is 0.200. The van der Waals surface area contributed by atoms with Gasteiger partial charge in [0, 0.05) is 11.9 Å². The van der Waals surface area contributed by atoms with E-state index in [0.717, 1.165) is 22.3 Å². The Labute approximate surface area is 112 Å². The van der Waals surface area contributed by atoms with Gasteiger partial charge in [0.15, 0.2) is 0 Å². The van der Waals surface area contributed by atoms with Crippen LogP contribution in [0.4, 0.5) is 5.82 Å². The highest BCUT2D eigenvalue weighted by Crippen LogP contribution is 2.25. The second kappa shape index (κ2) is 5.52. The Hall–Kier alpha value is -2.36. The molecule has 98 valence electrons. The Balaban J connectivity index is 0.000000637. The SMILES string of the molecule is CC.Cc1cn(-c2ccccc2)c2ncnc(N)c12. The molecule has 0 radical (unpaired) electrons. The van der Waals surface area contributed by atoms with Crippen molar-refractivity contribution in [2.45, 2.75) is 20.8 Å². The van der Waals surface area contributed by atoms with Crippen LogP contribution in [0.3, 0.4) is 0 Å². The molecule has 0 atom stereocenters. The van der Waals surface area contributed by atoms with Crippen molar-refractivity contribution in [1.82, 2.24) is 14.5 Å². The average Bonchev–Trinajstić information content (AvgIpc) is 2.81. The van der Waals surface area contributed by atoms with Gasteiger partial charge in [0.2, 0.25) is 0 Å². The summed E-state index contributed by atoms with van der Waals surface area (Å²) in [6.45, 7) is 6.02. The van der Waals surface area contributed by atoms with Crippen LogP contribution in [0.15, 0.2) is 42.9 Å². The molecule has 2 heterocycles. The summed E-state index contributed by atoms with van der Waals surface area (Å²) in [5, 5.41) is 0.927. The van der Waals surface area contributed by atoms with E-state index in [9.17, 15) is 0 Å². The normalized spacial score (nSPS) is 10.1. The van der Waals surface area contributed by atoms with E-state index in [-0.39, 0.29) is 0 Å². The fourth-order valence-electron chi connectivity index (χ4n) is 2.06. The Morgan fingerprint density at radius 1 is 1.05 bits per heavy atom. The van der Waals surface area contributed by atoms with Crippen LogP contribution in [-0.4, -0.2) is 14.5 Å². The Morgan fingerprint density at radius 2 is 1.74 bits per heavy atom. The lowest BCUT2D eigenvalue weighted by Gasteiger charge is -2.03. The molecule has 1 aromatic carbocycles. The van der Waals surface area contributed by atoms with Crippen LogP contribution >= 0.6 is 0 Å². The van der Waals surface area contributed by atoms with Gasteiger partial charge in [-0.15, -0.1) is 0 Å². The van der Waals surface area contributed by atoms with E-state index in [1.54, 1.807) is 0 Å². The minimum Gasteiger partial charge on any atom is -0.383 e. The van der Waals surface area contributed by atoms with Gasteiger partial charge in [0.1, 0.15) is 17.8 Å². The molecule has 2 aromatic heterocycles. The van der Waals surface area contributed by atoms with Gasteiger partial charge in [0.05, 0.1) is 5.39 Å². The zero-order valence-corrected chi connectivity index (χ0v) is 11.5. The summed E-state index contributed by atoms with van der Waals surface area (Å²) < 4.78 is 2.03. The number of aromatic nitrogens is 3. The van der Waals surface area contributed by atoms with Gasteiger partial charge in [-0.2, -0.15) is 0 Å². The zero-order chi connectivity index (χ0) is 13.8. The summed E-state index contributed by atoms with van der Waals surface area (Å²) in [4.78, 5) is 8.34. The summed E-state index contributed by atoms with van der Waals surface area (Å²) in [5.74, 6) is 0.530. The van der Waals surface area contributed by atoms with Crippen LogP contribution in [0.1, 0.15) is 19.4 Å². The van der Waals surface area contributed by atoms with Crippen molar-refractivity contribution in [3.8, 4) is 5.69 Å². The van der Waals surface area contributed by atoms with E-state index in [2.05, 4.69) is 9.97 Å². The molecule has 4 heteroatoms. The lowest BCUT2D eigenvalue weighted by molar-refractivity contribution is 1.07. The summed E-state index contributed by atoms with van der Waals surface area (Å²) in [5.41, 5.74) is 8.89. The average molecular weight is 254 g/mol. The third kappa shape index (κ3) is 2.29. The maximum absolute atomic E-state index is 5.88. The monoisotopic (exact) mass is 254 g/mol. The van der Waals surface area contributed by atoms with Crippen molar-refractivity contribution < 1.29 is 0 Å². The van der Waals surface area contributed by atoms with Crippen LogP contribution in [-0.2, 0) is 0 Å². The molecule has 0 unspecified atom stereocenters. The third-order valence-electron chi connectivity index (χ3n) is 2.84. The molecule has 0 amide bonds. The molecule has 0 aliphatic heterocycles. The van der Waals surface area contributed by atoms with Crippen LogP contribution in [0.2, 0.25) is 0 Å². The van der Waals surface area contributed by atoms with Crippen molar-refractivity contribution in [1.29, 1.82) is 0 Å². The lowest BCUT2D eigenvalue weighted by Crippen LogP contribution is -1.96. The lowest BCUT2D eigenvalue weighted by atomic mass is 10.2. The van der Waals surface area contributed by atoms with Crippen molar-refractivity contribution in [3.63, 3.8) is 0 Å². The summed E-state index contributed by atoms with van der Waals surface area (Å²) in [6.07, 6.45) is 3.53. The van der Waals surface area contributed by atoms with Gasteiger partial charge in [-0.1, -0.05) is 32.0 Å². The van der Waals surface area contributed by atoms with Gasteiger partial charge < -0.3 is 10.3 Å². The number of nitrogen functional groups attached to an aromatic ring is 1. The molecule has 0 spiro atoms. The first-order valence-electron chi connectivity index (χ1n) is 6.41. The Morgan fingerprint density at radius 3 is 2.42 bits per heavy atom. The molecule has 3 rings (SSSR count). The predicted molar refractivity (Wildman–Crippen MR) is 79.4 cm³/mol. The molecular weight excluding hydrogens is 236 g/mol. The topological polar surface area (TPSA) is 56.7 Å². The Bertz CT molecular complexity index is 671. The maximum Gasteiger partial charge on any atom is 0.150 e. The first-order chi connectivity index (χ1) is 9.27. The largest absolute Gasteiger partial charge is 0.383 e. The van der Waals surface area contributed by atoms with E-state index in [4.69, 9.17) is 5.73 Å². The van der Waals surface area contributed by atoms with E-state index >= 15 is 0 Å². The highest BCUT2D eigenvalue weighted by Gasteiger charge is 2.10. The molecule has 19 heavy (non-hydrogen) atoms. The number of anilines is 1. The summed E-state index contributed by atoms with van der Waals surface area (Å²) >= 11 is 0. The summed E-state index contributed by atoms with van der Waals surface area (Å²) in [7, 11) is 0. The van der Waals surface area contributed by atoms with E-state index in [0.29, 0.717) is 5.82 Å². The minimum atomic E-state index is 0.530. The first-order valence-corrected chi connectivity index (χ1v) is 6.41. The van der Waals surface area contributed by atoms with Gasteiger partial charge in [0.25, 0.3) is 0 Å². The second-order valence-corrected chi connectivity index (χ2v) is 3.98. The molecule has 0 aliphatic carbocycles. The molecule has 0 bridgehead atoms. The molecule has 4 nitrogen and oxygen atoms in total. The number of fused-ring (bicyclic) bond motifs is 1. The van der Waals surface area contributed by atoms with E-state index in [1.807, 2.05) is 61.9 Å². The van der Waals surface area contributed by atoms with Crippen molar-refractivity contribution in [2.75, 3.05) is 5.73 Å². The molecule has 0 saturated carbocycles. The molecule has 2 N–H and O–H groups in total. The van der Waals surface area contributed by atoms with Gasteiger partial charge in [-0.25, -0.2) is 9.97 Å². The number of hydrogen-bond donors (Lipinski definition) is 1. The Kier molecular flexibility index (Phi) is 3.80. The quantitative estimate of drug-likeness (QED) is 0.724. The number of hydrogen-bond acceptors (Lipinski definition) is 3. The number of rotatable bonds is 1. The predicted octanol–water partition coefficient (Wildman–Crippen LogP) is 3.34. The first kappa shape index (κ1) is 13.1. The van der Waals surface area contributed by atoms with Gasteiger partial charge >= 0.3 is 0 Å². The highest BCUT2D eigenvalue weighted by molar-refractivity contribution is 5.90. The molecule has 3 aromatic rings. The number of nitrogens with zero attached hydrogens (tertiary/aromatic N) is 3. The van der Waals surface area contributed by atoms with Crippen LogP contribution in [0.5, 0.6) is 0 Å². The molecule has 0 aliphatic rings. The van der Waals surface area contributed by atoms with Gasteiger partial charge in [-0.05, 0) is 24.6 Å². The standard InChI is InChI=1S/C13H12N4.C2H6/c1-9-7-17(10-5-3-2-4-6-10)13-11(9)12(14)15-8-16-13;1-2/h2-8H,1H3,(H2,14,15,16);1-2H3. The third-order valence-corrected chi connectivity index (χ3v) is 2.84. The maximum atomic E-state index is 5.88. The van der Waals surface area contributed by atoms with Crippen molar-refractivity contribution in [3.05, 3.63) is 48.4 Å². The molecular formula is C15H18N4. The highest BCUT2D eigenvalue weighted by atomic mass is 15.1. The number of nitrogens with two attached hydrogens (primary N) is 1. The van der Waals surface area contributed by atoms with Crippen LogP contribution in [0, 0.1) is 6.92 Å². The minimum absolute atomic E-state index is 0.530. The van der Waals surface area contributed by atoms with Crippen LogP contribution in [0.25, 0.3) is 16.7 Å². The fourth-order valence-corrected chi connectivity index (χ4v) is 2.06. The van der Waals surface area contributed by atoms with Crippen molar-refractivity contribution in [2.24, 2.45) is 0 Å². The van der Waals surface area contributed by atoms with E-state index < -0.39 is 0 Å². The smallest absolute Gasteiger partial charge is 0.150 e. The number of aryl methyl sites for hydroxylation is 1. The molecule has 0 saturated heterocycles. The molecule has 0 fully saturated rings. The summed E-state index contributed by atoms with van der Waals surface area (Å²) in [6, 6.07) is 10.1. The second-order valence-electron chi connectivity index (χ2n) is 3.98. The van der Waals surface area contributed by atoms with Crippen LogP contribution < -0.4 is 5.73 Å². The number of para-hydroxylation sites is 1. The van der Waals surface area contributed by atoms with E-state index in [1.165, 1.54) is 6.33 Å². The zero-order valence-electron chi connectivity index (χ0n) is 11.5. The van der Waals surface area contributed by atoms with Gasteiger partial charge in [-0.3, -0.25) is 0 Å². The van der Waals surface area contributed by atoms with Crippen molar-refractivity contribution >= 4 is 16.9 Å².